The molecular formula is C30H29ClF2N2O5. The Hall–Kier alpha value is -3.69. The molecule has 5 rings (SSSR count). The van der Waals surface area contributed by atoms with Crippen LogP contribution in [0.3, 0.4) is 0 Å². The molecule has 40 heavy (non-hydrogen) atoms. The van der Waals surface area contributed by atoms with Gasteiger partial charge in [0, 0.05) is 31.6 Å². The number of ether oxygens (including phenoxy) is 3. The van der Waals surface area contributed by atoms with Crippen LogP contribution in [0.1, 0.15) is 27.9 Å². The molecule has 3 aromatic rings. The van der Waals surface area contributed by atoms with Crippen molar-refractivity contribution in [1.82, 2.24) is 9.80 Å². The van der Waals surface area contributed by atoms with Gasteiger partial charge in [-0.2, -0.15) is 0 Å². The maximum absolute atomic E-state index is 13.8. The predicted molar refractivity (Wildman–Crippen MR) is 145 cm³/mol. The number of methoxy groups -OCH3 is 1. The summed E-state index contributed by atoms with van der Waals surface area (Å²) in [7, 11) is 1.58. The number of hydrogen-bond acceptors (Lipinski definition) is 5. The van der Waals surface area contributed by atoms with Crippen molar-refractivity contribution in [1.29, 1.82) is 0 Å². The maximum Gasteiger partial charge on any atom is 0.254 e. The first-order valence-electron chi connectivity index (χ1n) is 13.0. The fraction of sp³-hybridized carbons (Fsp3) is 0.333. The maximum atomic E-state index is 13.8. The van der Waals surface area contributed by atoms with E-state index in [-0.39, 0.29) is 43.1 Å². The van der Waals surface area contributed by atoms with E-state index < -0.39 is 22.6 Å². The molecule has 3 aromatic carbocycles. The van der Waals surface area contributed by atoms with Gasteiger partial charge in [0.15, 0.2) is 23.1 Å². The first-order chi connectivity index (χ1) is 19.3. The Kier molecular flexibility index (Phi) is 8.52. The number of carbonyl (C=O) groups is 2. The average molecular weight is 571 g/mol. The lowest BCUT2D eigenvalue weighted by atomic mass is 10.1. The molecule has 0 saturated carbocycles. The van der Waals surface area contributed by atoms with Gasteiger partial charge in [0.25, 0.3) is 5.91 Å². The second kappa shape index (κ2) is 12.2. The second-order valence-electron chi connectivity index (χ2n) is 9.79. The van der Waals surface area contributed by atoms with Gasteiger partial charge in [-0.15, -0.1) is 0 Å². The molecule has 2 fully saturated rings. The standard InChI is InChI=1S/C30H29ClF2N2O5/c1-38-26-13-19(7-9-25(26)40-18-20-5-3-2-4-6-20)8-10-28(36)35-11-12-39-27-17-34(16-24(27)35)30(37)21-14-22(31)29(33)23(32)15-21/h2-7,9,13-15,24,27H,8,10-12,16-18H2,1H3/t24-,27+/m0/s1. The van der Waals surface area contributed by atoms with Crippen molar-refractivity contribution in [3.05, 3.63) is 94.0 Å². The number of carbonyl (C=O) groups excluding carboxylic acids is 2. The summed E-state index contributed by atoms with van der Waals surface area (Å²) in [5.74, 6) is -1.71. The summed E-state index contributed by atoms with van der Waals surface area (Å²) in [5, 5.41) is -0.458. The summed E-state index contributed by atoms with van der Waals surface area (Å²) < 4.78 is 44.7. The van der Waals surface area contributed by atoms with Crippen molar-refractivity contribution in [2.75, 3.05) is 33.4 Å². The van der Waals surface area contributed by atoms with E-state index in [9.17, 15) is 18.4 Å². The smallest absolute Gasteiger partial charge is 0.254 e. The van der Waals surface area contributed by atoms with Crippen molar-refractivity contribution in [3.63, 3.8) is 0 Å². The molecule has 0 N–H and O–H groups in total. The molecule has 7 nitrogen and oxygen atoms in total. The minimum atomic E-state index is -1.19. The van der Waals surface area contributed by atoms with Gasteiger partial charge in [-0.1, -0.05) is 48.0 Å². The number of likely N-dealkylation sites (tertiary alicyclic amines) is 1. The molecule has 0 aromatic heterocycles. The number of amides is 2. The van der Waals surface area contributed by atoms with Crippen LogP contribution in [-0.2, 0) is 22.6 Å². The van der Waals surface area contributed by atoms with Crippen LogP contribution in [0.15, 0.2) is 60.7 Å². The number of morpholine rings is 1. The summed E-state index contributed by atoms with van der Waals surface area (Å²) in [6.07, 6.45) is 0.408. The Labute approximate surface area is 236 Å². The molecule has 0 spiro atoms. The molecule has 0 unspecified atom stereocenters. The first kappa shape index (κ1) is 27.9. The minimum absolute atomic E-state index is 0.0492. The number of benzene rings is 3. The Morgan fingerprint density at radius 2 is 1.82 bits per heavy atom. The van der Waals surface area contributed by atoms with E-state index in [2.05, 4.69) is 0 Å². The number of aryl methyl sites for hydroxylation is 1. The van der Waals surface area contributed by atoms with Crippen LogP contribution in [-0.4, -0.2) is 67.1 Å². The normalized spacial score (nSPS) is 18.4. The highest BCUT2D eigenvalue weighted by Gasteiger charge is 2.43. The van der Waals surface area contributed by atoms with Gasteiger partial charge in [-0.05, 0) is 41.8 Å². The summed E-state index contributed by atoms with van der Waals surface area (Å²) >= 11 is 5.73. The largest absolute Gasteiger partial charge is 0.493 e. The van der Waals surface area contributed by atoms with Crippen LogP contribution < -0.4 is 9.47 Å². The van der Waals surface area contributed by atoms with Gasteiger partial charge >= 0.3 is 0 Å². The molecule has 2 heterocycles. The second-order valence-corrected chi connectivity index (χ2v) is 10.2. The van der Waals surface area contributed by atoms with Gasteiger partial charge in [-0.25, -0.2) is 8.78 Å². The molecule has 210 valence electrons. The summed E-state index contributed by atoms with van der Waals surface area (Å²) in [4.78, 5) is 29.5. The zero-order valence-corrected chi connectivity index (χ0v) is 22.7. The van der Waals surface area contributed by atoms with E-state index in [4.69, 9.17) is 25.8 Å². The lowest BCUT2D eigenvalue weighted by Gasteiger charge is -2.36. The van der Waals surface area contributed by atoms with Gasteiger partial charge in [0.05, 0.1) is 30.9 Å². The van der Waals surface area contributed by atoms with E-state index in [0.29, 0.717) is 37.7 Å². The quantitative estimate of drug-likeness (QED) is 0.361. The summed E-state index contributed by atoms with van der Waals surface area (Å²) in [5.41, 5.74) is 1.93. The number of rotatable bonds is 8. The lowest BCUT2D eigenvalue weighted by Crippen LogP contribution is -2.53. The number of nitrogens with zero attached hydrogens (tertiary/aromatic N) is 2. The Morgan fingerprint density at radius 3 is 2.58 bits per heavy atom. The van der Waals surface area contributed by atoms with Crippen LogP contribution >= 0.6 is 11.6 Å². The van der Waals surface area contributed by atoms with Gasteiger partial charge < -0.3 is 24.0 Å². The molecule has 10 heteroatoms. The van der Waals surface area contributed by atoms with Crippen LogP contribution in [0.25, 0.3) is 0 Å². The third kappa shape index (κ3) is 6.05. The Bertz CT molecular complexity index is 1370. The van der Waals surface area contributed by atoms with Gasteiger partial charge in [0.1, 0.15) is 6.61 Å². The molecule has 2 aliphatic heterocycles. The number of fused-ring (bicyclic) bond motifs is 1. The molecule has 0 aliphatic carbocycles. The van der Waals surface area contributed by atoms with Crippen molar-refractivity contribution in [2.45, 2.75) is 31.6 Å². The van der Waals surface area contributed by atoms with Crippen molar-refractivity contribution in [2.24, 2.45) is 0 Å². The zero-order valence-electron chi connectivity index (χ0n) is 21.9. The lowest BCUT2D eigenvalue weighted by molar-refractivity contribution is -0.142. The zero-order chi connectivity index (χ0) is 28.2. The summed E-state index contributed by atoms with van der Waals surface area (Å²) in [6, 6.07) is 17.1. The van der Waals surface area contributed by atoms with Crippen LogP contribution in [0.4, 0.5) is 8.78 Å². The fourth-order valence-electron chi connectivity index (χ4n) is 5.14. The monoisotopic (exact) mass is 570 g/mol. The fourth-order valence-corrected chi connectivity index (χ4v) is 5.35. The molecule has 2 atom stereocenters. The van der Waals surface area contributed by atoms with E-state index in [1.54, 1.807) is 12.0 Å². The minimum Gasteiger partial charge on any atom is -0.493 e. The van der Waals surface area contributed by atoms with Crippen molar-refractivity contribution >= 4 is 23.4 Å². The topological polar surface area (TPSA) is 68.3 Å². The Balaban J connectivity index is 1.20. The van der Waals surface area contributed by atoms with Crippen molar-refractivity contribution in [3.8, 4) is 11.5 Å². The van der Waals surface area contributed by atoms with Crippen LogP contribution in [0.5, 0.6) is 11.5 Å². The highest BCUT2D eigenvalue weighted by atomic mass is 35.5. The highest BCUT2D eigenvalue weighted by molar-refractivity contribution is 6.31. The molecule has 2 amide bonds. The van der Waals surface area contributed by atoms with Gasteiger partial charge in [-0.3, -0.25) is 9.59 Å². The molecule has 2 saturated heterocycles. The molecule has 2 aliphatic rings. The molecular weight excluding hydrogens is 542 g/mol. The van der Waals surface area contributed by atoms with E-state index in [1.807, 2.05) is 48.5 Å². The van der Waals surface area contributed by atoms with Crippen LogP contribution in [0, 0.1) is 11.6 Å². The van der Waals surface area contributed by atoms with E-state index in [1.165, 1.54) is 4.90 Å². The van der Waals surface area contributed by atoms with E-state index in [0.717, 1.165) is 23.3 Å². The number of halogens is 3. The highest BCUT2D eigenvalue weighted by Crippen LogP contribution is 2.30. The van der Waals surface area contributed by atoms with Gasteiger partial charge in [0.2, 0.25) is 5.91 Å². The predicted octanol–water partition coefficient (Wildman–Crippen LogP) is 4.89. The first-order valence-corrected chi connectivity index (χ1v) is 13.4. The van der Waals surface area contributed by atoms with Crippen LogP contribution in [0.2, 0.25) is 5.02 Å². The van der Waals surface area contributed by atoms with Crippen molar-refractivity contribution < 1.29 is 32.6 Å². The summed E-state index contributed by atoms with van der Waals surface area (Å²) in [6.45, 7) is 1.65. The third-order valence-electron chi connectivity index (χ3n) is 7.23. The molecule has 0 bridgehead atoms. The SMILES string of the molecule is COc1cc(CCC(=O)N2CCO[C@@H]3CN(C(=O)c4cc(F)c(F)c(Cl)c4)C[C@@H]32)ccc1OCc1ccccc1. The third-order valence-corrected chi connectivity index (χ3v) is 7.51. The van der Waals surface area contributed by atoms with E-state index >= 15 is 0 Å². The Morgan fingerprint density at radius 1 is 1.02 bits per heavy atom. The average Bonchev–Trinajstić information content (AvgIpc) is 3.42. The molecule has 0 radical (unpaired) electrons. The number of hydrogen-bond donors (Lipinski definition) is 0.